The summed E-state index contributed by atoms with van der Waals surface area (Å²) in [4.78, 5) is 12.7. The fourth-order valence-corrected chi connectivity index (χ4v) is 2.65. The SMILES string of the molecule is CCOC(O)C1CN(CC(=O)O)C2=C1C=CCC2. The predicted molar refractivity (Wildman–Crippen MR) is 65.7 cm³/mol. The van der Waals surface area contributed by atoms with Crippen molar-refractivity contribution in [3.63, 3.8) is 0 Å². The van der Waals surface area contributed by atoms with Gasteiger partial charge >= 0.3 is 5.97 Å². The van der Waals surface area contributed by atoms with Crippen molar-refractivity contribution in [2.45, 2.75) is 26.1 Å². The average Bonchev–Trinajstić information content (AvgIpc) is 2.68. The number of carbonyl (C=O) groups is 1. The van der Waals surface area contributed by atoms with Crippen molar-refractivity contribution in [1.82, 2.24) is 4.90 Å². The van der Waals surface area contributed by atoms with Crippen molar-refractivity contribution in [3.8, 4) is 0 Å². The van der Waals surface area contributed by atoms with Gasteiger partial charge in [-0.05, 0) is 25.3 Å². The molecule has 0 aromatic heterocycles. The van der Waals surface area contributed by atoms with Gasteiger partial charge in [0.2, 0.25) is 0 Å². The zero-order valence-electron chi connectivity index (χ0n) is 10.5. The minimum absolute atomic E-state index is 0.0119. The lowest BCUT2D eigenvalue weighted by atomic mass is 9.95. The zero-order valence-corrected chi connectivity index (χ0v) is 10.5. The lowest BCUT2D eigenvalue weighted by molar-refractivity contribution is -0.139. The van der Waals surface area contributed by atoms with E-state index in [9.17, 15) is 9.90 Å². The summed E-state index contributed by atoms with van der Waals surface area (Å²) in [5.74, 6) is -0.987. The number of hydrogen-bond donors (Lipinski definition) is 2. The molecule has 18 heavy (non-hydrogen) atoms. The van der Waals surface area contributed by atoms with Gasteiger partial charge in [0.15, 0.2) is 6.29 Å². The first kappa shape index (κ1) is 13.1. The largest absolute Gasteiger partial charge is 0.480 e. The van der Waals surface area contributed by atoms with Crippen LogP contribution in [0.25, 0.3) is 0 Å². The third-order valence-electron chi connectivity index (χ3n) is 3.38. The Balaban J connectivity index is 2.17. The highest BCUT2D eigenvalue weighted by molar-refractivity contribution is 5.69. The van der Waals surface area contributed by atoms with Crippen molar-refractivity contribution < 1.29 is 19.7 Å². The number of nitrogens with zero attached hydrogens (tertiary/aromatic N) is 1. The van der Waals surface area contributed by atoms with E-state index in [2.05, 4.69) is 6.08 Å². The molecule has 0 saturated carbocycles. The number of aliphatic hydroxyl groups excluding tert-OH is 1. The van der Waals surface area contributed by atoms with E-state index >= 15 is 0 Å². The second kappa shape index (κ2) is 5.54. The van der Waals surface area contributed by atoms with Gasteiger partial charge < -0.3 is 19.8 Å². The zero-order chi connectivity index (χ0) is 13.1. The van der Waals surface area contributed by atoms with Gasteiger partial charge in [-0.25, -0.2) is 0 Å². The maximum atomic E-state index is 10.9. The molecule has 5 heteroatoms. The first-order valence-electron chi connectivity index (χ1n) is 6.29. The summed E-state index contributed by atoms with van der Waals surface area (Å²) in [5.41, 5.74) is 2.08. The molecule has 0 fully saturated rings. The molecule has 0 radical (unpaired) electrons. The summed E-state index contributed by atoms with van der Waals surface area (Å²) in [7, 11) is 0. The van der Waals surface area contributed by atoms with Crippen molar-refractivity contribution in [1.29, 1.82) is 0 Å². The topological polar surface area (TPSA) is 70.0 Å². The molecule has 1 aliphatic carbocycles. The van der Waals surface area contributed by atoms with E-state index in [1.807, 2.05) is 17.9 Å². The van der Waals surface area contributed by atoms with Crippen LogP contribution in [0.4, 0.5) is 0 Å². The second-order valence-corrected chi connectivity index (χ2v) is 4.57. The number of aliphatic carboxylic acids is 1. The molecule has 0 amide bonds. The highest BCUT2D eigenvalue weighted by Crippen LogP contribution is 2.36. The van der Waals surface area contributed by atoms with Gasteiger partial charge in [0.1, 0.15) is 6.54 Å². The Morgan fingerprint density at radius 2 is 2.44 bits per heavy atom. The van der Waals surface area contributed by atoms with Crippen molar-refractivity contribution in [2.75, 3.05) is 19.7 Å². The summed E-state index contributed by atoms with van der Waals surface area (Å²) in [5, 5.41) is 18.9. The summed E-state index contributed by atoms with van der Waals surface area (Å²) >= 11 is 0. The smallest absolute Gasteiger partial charge is 0.323 e. The van der Waals surface area contributed by atoms with Gasteiger partial charge in [-0.1, -0.05) is 12.2 Å². The van der Waals surface area contributed by atoms with Crippen LogP contribution in [0.2, 0.25) is 0 Å². The molecule has 2 unspecified atom stereocenters. The Bertz CT molecular complexity index is 388. The summed E-state index contributed by atoms with van der Waals surface area (Å²) in [6, 6.07) is 0. The lowest BCUT2D eigenvalue weighted by Crippen LogP contribution is -2.32. The molecular formula is C13H19NO4. The molecular weight excluding hydrogens is 234 g/mol. The number of rotatable bonds is 5. The second-order valence-electron chi connectivity index (χ2n) is 4.57. The minimum Gasteiger partial charge on any atom is -0.480 e. The van der Waals surface area contributed by atoms with E-state index in [-0.39, 0.29) is 12.5 Å². The quantitative estimate of drug-likeness (QED) is 0.714. The summed E-state index contributed by atoms with van der Waals surface area (Å²) < 4.78 is 5.24. The number of hydrogen-bond acceptors (Lipinski definition) is 4. The van der Waals surface area contributed by atoms with Crippen molar-refractivity contribution in [2.24, 2.45) is 5.92 Å². The number of allylic oxidation sites excluding steroid dienone is 3. The Morgan fingerprint density at radius 3 is 3.11 bits per heavy atom. The Hall–Kier alpha value is -1.33. The van der Waals surface area contributed by atoms with Crippen LogP contribution in [-0.2, 0) is 9.53 Å². The highest BCUT2D eigenvalue weighted by atomic mass is 16.6. The van der Waals surface area contributed by atoms with Gasteiger partial charge in [0.25, 0.3) is 0 Å². The van der Waals surface area contributed by atoms with Gasteiger partial charge in [-0.15, -0.1) is 0 Å². The normalized spacial score (nSPS) is 24.3. The standard InChI is InChI=1S/C13H19NO4/c1-2-18-13(17)10-7-14(8-12(15)16)11-6-4-3-5-9(10)11/h3,5,10,13,17H,2,4,6-8H2,1H3,(H,15,16). The molecule has 1 aliphatic heterocycles. The third-order valence-corrected chi connectivity index (χ3v) is 3.38. The van der Waals surface area contributed by atoms with E-state index < -0.39 is 12.3 Å². The molecule has 5 nitrogen and oxygen atoms in total. The first-order valence-corrected chi connectivity index (χ1v) is 6.29. The number of ether oxygens (including phenoxy) is 1. The molecule has 0 saturated heterocycles. The first-order chi connectivity index (χ1) is 8.63. The van der Waals surface area contributed by atoms with Crippen LogP contribution >= 0.6 is 0 Å². The maximum Gasteiger partial charge on any atom is 0.323 e. The fraction of sp³-hybridized carbons (Fsp3) is 0.615. The van der Waals surface area contributed by atoms with Crippen LogP contribution in [0.5, 0.6) is 0 Å². The molecule has 2 N–H and O–H groups in total. The Kier molecular flexibility index (Phi) is 4.04. The van der Waals surface area contributed by atoms with Gasteiger partial charge in [0, 0.05) is 18.8 Å². The molecule has 100 valence electrons. The van der Waals surface area contributed by atoms with E-state index in [1.165, 1.54) is 0 Å². The molecule has 0 bridgehead atoms. The van der Waals surface area contributed by atoms with Crippen LogP contribution in [-0.4, -0.2) is 47.1 Å². The van der Waals surface area contributed by atoms with Crippen LogP contribution in [0.1, 0.15) is 19.8 Å². The van der Waals surface area contributed by atoms with E-state index in [0.29, 0.717) is 13.2 Å². The van der Waals surface area contributed by atoms with Gasteiger partial charge in [-0.2, -0.15) is 0 Å². The average molecular weight is 253 g/mol. The summed E-state index contributed by atoms with van der Waals surface area (Å²) in [6.07, 6.45) is 4.96. The third kappa shape index (κ3) is 2.57. The Morgan fingerprint density at radius 1 is 1.67 bits per heavy atom. The highest BCUT2D eigenvalue weighted by Gasteiger charge is 2.36. The van der Waals surface area contributed by atoms with Gasteiger partial charge in [0.05, 0.1) is 5.92 Å². The van der Waals surface area contributed by atoms with E-state index in [1.54, 1.807) is 0 Å². The molecule has 2 atom stereocenters. The fourth-order valence-electron chi connectivity index (χ4n) is 2.65. The molecule has 0 spiro atoms. The van der Waals surface area contributed by atoms with Crippen LogP contribution in [0.15, 0.2) is 23.4 Å². The molecule has 0 aromatic carbocycles. The minimum atomic E-state index is -0.860. The van der Waals surface area contributed by atoms with Crippen LogP contribution in [0, 0.1) is 5.92 Å². The molecule has 2 aliphatic rings. The van der Waals surface area contributed by atoms with Crippen molar-refractivity contribution in [3.05, 3.63) is 23.4 Å². The van der Waals surface area contributed by atoms with E-state index in [4.69, 9.17) is 9.84 Å². The lowest BCUT2D eigenvalue weighted by Gasteiger charge is -2.22. The van der Waals surface area contributed by atoms with Crippen LogP contribution < -0.4 is 0 Å². The maximum absolute atomic E-state index is 10.9. The number of carboxylic acid groups (broad SMARTS) is 1. The molecule has 2 rings (SSSR count). The number of aliphatic hydroxyl groups is 1. The number of carboxylic acids is 1. The van der Waals surface area contributed by atoms with Crippen molar-refractivity contribution >= 4 is 5.97 Å². The predicted octanol–water partition coefficient (Wildman–Crippen LogP) is 0.962. The van der Waals surface area contributed by atoms with Gasteiger partial charge in [-0.3, -0.25) is 4.79 Å². The van der Waals surface area contributed by atoms with E-state index in [0.717, 1.165) is 24.1 Å². The van der Waals surface area contributed by atoms with Crippen LogP contribution in [0.3, 0.4) is 0 Å². The monoisotopic (exact) mass is 253 g/mol. The summed E-state index contributed by atoms with van der Waals surface area (Å²) in [6.45, 7) is 2.78. The molecule has 0 aromatic rings. The Labute approximate surface area is 106 Å². The molecule has 1 heterocycles.